The fraction of sp³-hybridized carbons (Fsp3) is 0.250. The summed E-state index contributed by atoms with van der Waals surface area (Å²) in [6.07, 6.45) is 2.09. The van der Waals surface area contributed by atoms with E-state index in [1.165, 1.54) is 21.6 Å². The standard InChI is InChI=1S/C16H16ClNS/c1-19-16-8-14(17)6-7-15(16)12-4-2-11(3-5-12)13-9-18-10-13/h2-8,13,18H,9-10H2,1H3. The molecular weight excluding hydrogens is 274 g/mol. The van der Waals surface area contributed by atoms with Crippen LogP contribution < -0.4 is 5.32 Å². The molecule has 0 aliphatic carbocycles. The summed E-state index contributed by atoms with van der Waals surface area (Å²) in [6.45, 7) is 2.21. The van der Waals surface area contributed by atoms with Crippen molar-refractivity contribution in [2.75, 3.05) is 19.3 Å². The molecular formula is C16H16ClNS. The lowest BCUT2D eigenvalue weighted by molar-refractivity contribution is 0.448. The normalized spacial score (nSPS) is 15.3. The van der Waals surface area contributed by atoms with Gasteiger partial charge in [0.2, 0.25) is 0 Å². The zero-order chi connectivity index (χ0) is 13.2. The highest BCUT2D eigenvalue weighted by Gasteiger charge is 2.18. The van der Waals surface area contributed by atoms with Crippen molar-refractivity contribution < 1.29 is 0 Å². The number of rotatable bonds is 3. The highest BCUT2D eigenvalue weighted by molar-refractivity contribution is 7.98. The maximum Gasteiger partial charge on any atom is 0.0417 e. The Balaban J connectivity index is 1.93. The van der Waals surface area contributed by atoms with Crippen LogP contribution in [0.1, 0.15) is 11.5 Å². The quantitative estimate of drug-likeness (QED) is 0.840. The summed E-state index contributed by atoms with van der Waals surface area (Å²) in [6, 6.07) is 15.0. The van der Waals surface area contributed by atoms with Crippen LogP contribution in [0.4, 0.5) is 0 Å². The SMILES string of the molecule is CSc1cc(Cl)ccc1-c1ccc(C2CNC2)cc1. The highest BCUT2D eigenvalue weighted by Crippen LogP contribution is 2.33. The molecule has 0 unspecified atom stereocenters. The molecule has 0 aromatic heterocycles. The molecule has 0 amide bonds. The first-order valence-electron chi connectivity index (χ1n) is 6.42. The molecule has 2 aromatic rings. The molecule has 1 saturated heterocycles. The Morgan fingerprint density at radius 3 is 2.42 bits per heavy atom. The number of benzene rings is 2. The Morgan fingerprint density at radius 2 is 1.84 bits per heavy atom. The van der Waals surface area contributed by atoms with Gasteiger partial charge >= 0.3 is 0 Å². The van der Waals surface area contributed by atoms with Gasteiger partial charge in [-0.15, -0.1) is 11.8 Å². The van der Waals surface area contributed by atoms with E-state index in [-0.39, 0.29) is 0 Å². The third-order valence-corrected chi connectivity index (χ3v) is 4.65. The molecule has 2 aromatic carbocycles. The molecule has 1 aliphatic heterocycles. The summed E-state index contributed by atoms with van der Waals surface area (Å²) in [5.74, 6) is 0.694. The van der Waals surface area contributed by atoms with Gasteiger partial charge in [-0.2, -0.15) is 0 Å². The fourth-order valence-corrected chi connectivity index (χ4v) is 3.25. The van der Waals surface area contributed by atoms with Crippen LogP contribution >= 0.6 is 23.4 Å². The van der Waals surface area contributed by atoms with E-state index in [0.29, 0.717) is 5.92 Å². The first-order chi connectivity index (χ1) is 9.28. The van der Waals surface area contributed by atoms with E-state index in [9.17, 15) is 0 Å². The average Bonchev–Trinajstić information content (AvgIpc) is 2.38. The van der Waals surface area contributed by atoms with Crippen LogP contribution in [0, 0.1) is 0 Å². The van der Waals surface area contributed by atoms with E-state index in [2.05, 4.69) is 41.9 Å². The summed E-state index contributed by atoms with van der Waals surface area (Å²) in [7, 11) is 0. The summed E-state index contributed by atoms with van der Waals surface area (Å²) in [5, 5.41) is 4.11. The maximum absolute atomic E-state index is 6.06. The Kier molecular flexibility index (Phi) is 3.83. The predicted octanol–water partition coefficient (Wildman–Crippen LogP) is 4.42. The monoisotopic (exact) mass is 289 g/mol. The van der Waals surface area contributed by atoms with Crippen LogP contribution in [0.25, 0.3) is 11.1 Å². The topological polar surface area (TPSA) is 12.0 Å². The lowest BCUT2D eigenvalue weighted by atomic mass is 9.92. The summed E-state index contributed by atoms with van der Waals surface area (Å²) in [4.78, 5) is 1.23. The summed E-state index contributed by atoms with van der Waals surface area (Å²) < 4.78 is 0. The highest BCUT2D eigenvalue weighted by atomic mass is 35.5. The van der Waals surface area contributed by atoms with Gasteiger partial charge in [0, 0.05) is 28.9 Å². The summed E-state index contributed by atoms with van der Waals surface area (Å²) >= 11 is 7.79. The molecule has 0 saturated carbocycles. The molecule has 1 heterocycles. The molecule has 0 spiro atoms. The van der Waals surface area contributed by atoms with Gasteiger partial charge in [-0.1, -0.05) is 41.9 Å². The second kappa shape index (κ2) is 5.58. The van der Waals surface area contributed by atoms with Gasteiger partial charge in [-0.25, -0.2) is 0 Å². The largest absolute Gasteiger partial charge is 0.315 e. The van der Waals surface area contributed by atoms with E-state index in [0.717, 1.165) is 18.1 Å². The molecule has 19 heavy (non-hydrogen) atoms. The number of thioether (sulfide) groups is 1. The lowest BCUT2D eigenvalue weighted by Gasteiger charge is -2.27. The van der Waals surface area contributed by atoms with E-state index >= 15 is 0 Å². The van der Waals surface area contributed by atoms with E-state index in [4.69, 9.17) is 11.6 Å². The predicted molar refractivity (Wildman–Crippen MR) is 84.3 cm³/mol. The number of halogens is 1. The molecule has 0 radical (unpaired) electrons. The lowest BCUT2D eigenvalue weighted by Crippen LogP contribution is -2.39. The van der Waals surface area contributed by atoms with Gasteiger partial charge in [0.25, 0.3) is 0 Å². The zero-order valence-corrected chi connectivity index (χ0v) is 12.4. The molecule has 3 heteroatoms. The smallest absolute Gasteiger partial charge is 0.0417 e. The van der Waals surface area contributed by atoms with Crippen LogP contribution in [0.5, 0.6) is 0 Å². The fourth-order valence-electron chi connectivity index (χ4n) is 2.36. The number of hydrogen-bond acceptors (Lipinski definition) is 2. The number of nitrogens with one attached hydrogen (secondary N) is 1. The van der Waals surface area contributed by atoms with Crippen molar-refractivity contribution in [1.82, 2.24) is 5.32 Å². The molecule has 1 N–H and O–H groups in total. The third kappa shape index (κ3) is 2.66. The molecule has 98 valence electrons. The van der Waals surface area contributed by atoms with Crippen LogP contribution in [0.2, 0.25) is 5.02 Å². The first kappa shape index (κ1) is 13.0. The van der Waals surface area contributed by atoms with Crippen LogP contribution in [-0.2, 0) is 0 Å². The minimum Gasteiger partial charge on any atom is -0.315 e. The molecule has 0 bridgehead atoms. The van der Waals surface area contributed by atoms with Crippen molar-refractivity contribution >= 4 is 23.4 Å². The van der Waals surface area contributed by atoms with Gasteiger partial charge < -0.3 is 5.32 Å². The molecule has 0 atom stereocenters. The second-order valence-electron chi connectivity index (χ2n) is 4.82. The molecule has 3 rings (SSSR count). The third-order valence-electron chi connectivity index (χ3n) is 3.64. The molecule has 1 aliphatic rings. The van der Waals surface area contributed by atoms with Gasteiger partial charge in [0.1, 0.15) is 0 Å². The van der Waals surface area contributed by atoms with Crippen molar-refractivity contribution in [3.8, 4) is 11.1 Å². The minimum absolute atomic E-state index is 0.694. The Labute approximate surface area is 123 Å². The zero-order valence-electron chi connectivity index (χ0n) is 10.8. The van der Waals surface area contributed by atoms with Crippen molar-refractivity contribution in [2.45, 2.75) is 10.8 Å². The van der Waals surface area contributed by atoms with Crippen molar-refractivity contribution in [1.29, 1.82) is 0 Å². The van der Waals surface area contributed by atoms with Gasteiger partial charge in [-0.3, -0.25) is 0 Å². The minimum atomic E-state index is 0.694. The van der Waals surface area contributed by atoms with Gasteiger partial charge in [0.15, 0.2) is 0 Å². The van der Waals surface area contributed by atoms with Crippen LogP contribution in [-0.4, -0.2) is 19.3 Å². The van der Waals surface area contributed by atoms with E-state index < -0.39 is 0 Å². The Bertz CT molecular complexity index is 576. The molecule has 1 fully saturated rings. The second-order valence-corrected chi connectivity index (χ2v) is 6.11. The molecule has 1 nitrogen and oxygen atoms in total. The first-order valence-corrected chi connectivity index (χ1v) is 8.03. The van der Waals surface area contributed by atoms with Crippen LogP contribution in [0.3, 0.4) is 0 Å². The number of hydrogen-bond donors (Lipinski definition) is 1. The van der Waals surface area contributed by atoms with Gasteiger partial charge in [-0.05, 0) is 35.1 Å². The summed E-state index contributed by atoms with van der Waals surface area (Å²) in [5.41, 5.74) is 3.95. The van der Waals surface area contributed by atoms with Crippen molar-refractivity contribution in [2.24, 2.45) is 0 Å². The van der Waals surface area contributed by atoms with Gasteiger partial charge in [0.05, 0.1) is 0 Å². The maximum atomic E-state index is 6.06. The average molecular weight is 290 g/mol. The Hall–Kier alpha value is -0.960. The van der Waals surface area contributed by atoms with Crippen molar-refractivity contribution in [3.63, 3.8) is 0 Å². The van der Waals surface area contributed by atoms with E-state index in [1.54, 1.807) is 11.8 Å². The van der Waals surface area contributed by atoms with E-state index in [1.807, 2.05) is 12.1 Å². The van der Waals surface area contributed by atoms with Crippen LogP contribution in [0.15, 0.2) is 47.4 Å². The Morgan fingerprint density at radius 1 is 1.11 bits per heavy atom. The van der Waals surface area contributed by atoms with Crippen molar-refractivity contribution in [3.05, 3.63) is 53.1 Å².